The molecular formula is C11H8ClS. The highest BCUT2D eigenvalue weighted by Gasteiger charge is 2.01. The number of hydrogen-bond donors (Lipinski definition) is 0. The highest BCUT2D eigenvalue weighted by molar-refractivity contribution is 7.07. The Morgan fingerprint density at radius 3 is 2.46 bits per heavy atom. The van der Waals surface area contributed by atoms with Gasteiger partial charge in [0.1, 0.15) is 0 Å². The van der Waals surface area contributed by atoms with Gasteiger partial charge in [-0.05, 0) is 41.1 Å². The third-order valence-electron chi connectivity index (χ3n) is 1.95. The van der Waals surface area contributed by atoms with E-state index in [0.717, 1.165) is 5.02 Å². The van der Waals surface area contributed by atoms with E-state index < -0.39 is 0 Å². The van der Waals surface area contributed by atoms with Gasteiger partial charge < -0.3 is 0 Å². The van der Waals surface area contributed by atoms with Crippen LogP contribution >= 0.6 is 22.9 Å². The lowest BCUT2D eigenvalue weighted by molar-refractivity contribution is 1.52. The van der Waals surface area contributed by atoms with Crippen molar-refractivity contribution in [3.63, 3.8) is 0 Å². The van der Waals surface area contributed by atoms with Crippen LogP contribution in [0.4, 0.5) is 0 Å². The topological polar surface area (TPSA) is 0 Å². The summed E-state index contributed by atoms with van der Waals surface area (Å²) in [6.45, 7) is 2.07. The Morgan fingerprint density at radius 1 is 1.23 bits per heavy atom. The summed E-state index contributed by atoms with van der Waals surface area (Å²) in [6, 6.07) is 7.89. The summed E-state index contributed by atoms with van der Waals surface area (Å²) in [5.74, 6) is 0. The molecule has 0 atom stereocenters. The van der Waals surface area contributed by atoms with Crippen molar-refractivity contribution in [3.8, 4) is 11.1 Å². The minimum Gasteiger partial charge on any atom is -0.142 e. The SMILES string of the molecule is Cc1[c]scc1-c1ccc(Cl)cc1. The Morgan fingerprint density at radius 2 is 1.92 bits per heavy atom. The van der Waals surface area contributed by atoms with Gasteiger partial charge in [0.05, 0.1) is 0 Å². The van der Waals surface area contributed by atoms with Gasteiger partial charge in [0.2, 0.25) is 0 Å². The smallest absolute Gasteiger partial charge is 0.0481 e. The van der Waals surface area contributed by atoms with E-state index in [0.29, 0.717) is 0 Å². The lowest BCUT2D eigenvalue weighted by atomic mass is 10.1. The van der Waals surface area contributed by atoms with Gasteiger partial charge in [0.25, 0.3) is 0 Å². The van der Waals surface area contributed by atoms with Crippen LogP contribution in [-0.4, -0.2) is 0 Å². The van der Waals surface area contributed by atoms with E-state index in [2.05, 4.69) is 17.7 Å². The van der Waals surface area contributed by atoms with Gasteiger partial charge in [-0.25, -0.2) is 0 Å². The van der Waals surface area contributed by atoms with Gasteiger partial charge in [-0.1, -0.05) is 23.7 Å². The van der Waals surface area contributed by atoms with Crippen molar-refractivity contribution in [2.75, 3.05) is 0 Å². The van der Waals surface area contributed by atoms with Gasteiger partial charge >= 0.3 is 0 Å². The van der Waals surface area contributed by atoms with Crippen LogP contribution in [-0.2, 0) is 0 Å². The maximum Gasteiger partial charge on any atom is 0.0481 e. The first-order valence-electron chi connectivity index (χ1n) is 3.99. The zero-order chi connectivity index (χ0) is 9.26. The number of hydrogen-bond acceptors (Lipinski definition) is 1. The molecule has 2 heteroatoms. The van der Waals surface area contributed by atoms with Crippen molar-refractivity contribution in [1.29, 1.82) is 0 Å². The summed E-state index contributed by atoms with van der Waals surface area (Å²) in [4.78, 5) is 0. The molecule has 0 fully saturated rings. The summed E-state index contributed by atoms with van der Waals surface area (Å²) < 4.78 is 0. The molecule has 13 heavy (non-hydrogen) atoms. The Hall–Kier alpha value is -0.790. The highest BCUT2D eigenvalue weighted by atomic mass is 35.5. The van der Waals surface area contributed by atoms with Crippen molar-refractivity contribution >= 4 is 22.9 Å². The normalized spacial score (nSPS) is 10.3. The first-order chi connectivity index (χ1) is 6.27. The maximum atomic E-state index is 5.81. The predicted octanol–water partition coefficient (Wildman–Crippen LogP) is 4.18. The number of benzene rings is 1. The van der Waals surface area contributed by atoms with Crippen LogP contribution in [0.25, 0.3) is 11.1 Å². The van der Waals surface area contributed by atoms with Gasteiger partial charge in [0.15, 0.2) is 0 Å². The van der Waals surface area contributed by atoms with E-state index in [9.17, 15) is 0 Å². The van der Waals surface area contributed by atoms with E-state index in [-0.39, 0.29) is 0 Å². The zero-order valence-corrected chi connectivity index (χ0v) is 8.75. The first-order valence-corrected chi connectivity index (χ1v) is 5.25. The lowest BCUT2D eigenvalue weighted by Crippen LogP contribution is -1.75. The number of thiophene rings is 1. The summed E-state index contributed by atoms with van der Waals surface area (Å²) in [5, 5.41) is 6.08. The van der Waals surface area contributed by atoms with Crippen molar-refractivity contribution in [3.05, 3.63) is 45.6 Å². The van der Waals surface area contributed by atoms with Crippen LogP contribution in [0, 0.1) is 12.3 Å². The quantitative estimate of drug-likeness (QED) is 0.658. The van der Waals surface area contributed by atoms with Crippen molar-refractivity contribution in [2.24, 2.45) is 0 Å². The Bertz CT molecular complexity index is 400. The van der Waals surface area contributed by atoms with Crippen molar-refractivity contribution in [2.45, 2.75) is 6.92 Å². The molecule has 0 nitrogen and oxygen atoms in total. The summed E-state index contributed by atoms with van der Waals surface area (Å²) >= 11 is 7.41. The molecule has 0 saturated heterocycles. The molecule has 0 aliphatic heterocycles. The largest absolute Gasteiger partial charge is 0.142 e. The van der Waals surface area contributed by atoms with Crippen LogP contribution in [0.15, 0.2) is 29.6 Å². The third kappa shape index (κ3) is 1.77. The Balaban J connectivity index is 2.47. The molecule has 0 aliphatic rings. The highest BCUT2D eigenvalue weighted by Crippen LogP contribution is 2.27. The van der Waals surface area contributed by atoms with Crippen LogP contribution in [0.2, 0.25) is 5.02 Å². The van der Waals surface area contributed by atoms with E-state index in [1.807, 2.05) is 24.3 Å². The molecule has 1 radical (unpaired) electrons. The monoisotopic (exact) mass is 207 g/mol. The first kappa shape index (κ1) is 8.79. The summed E-state index contributed by atoms with van der Waals surface area (Å²) in [7, 11) is 0. The van der Waals surface area contributed by atoms with Crippen LogP contribution in [0.5, 0.6) is 0 Å². The maximum absolute atomic E-state index is 5.81. The number of halogens is 1. The second-order valence-corrected chi connectivity index (χ2v) is 4.00. The van der Waals surface area contributed by atoms with E-state index in [1.165, 1.54) is 16.7 Å². The molecule has 1 heterocycles. The summed E-state index contributed by atoms with van der Waals surface area (Å²) in [5.41, 5.74) is 3.66. The van der Waals surface area contributed by atoms with Crippen LogP contribution in [0.1, 0.15) is 5.56 Å². The molecule has 0 bridgehead atoms. The molecule has 65 valence electrons. The second-order valence-electron chi connectivity index (χ2n) is 2.88. The molecule has 0 amide bonds. The molecular weight excluding hydrogens is 200 g/mol. The molecule has 0 spiro atoms. The number of aryl methyl sites for hydroxylation is 1. The van der Waals surface area contributed by atoms with E-state index >= 15 is 0 Å². The Labute approximate surface area is 86.8 Å². The van der Waals surface area contributed by atoms with Gasteiger partial charge in [-0.15, -0.1) is 11.3 Å². The average Bonchev–Trinajstić information content (AvgIpc) is 2.53. The van der Waals surface area contributed by atoms with E-state index in [4.69, 9.17) is 11.6 Å². The molecule has 0 aliphatic carbocycles. The second kappa shape index (κ2) is 3.52. The fourth-order valence-corrected chi connectivity index (χ4v) is 2.14. The fourth-order valence-electron chi connectivity index (χ4n) is 1.23. The van der Waals surface area contributed by atoms with Crippen LogP contribution in [0.3, 0.4) is 0 Å². The zero-order valence-electron chi connectivity index (χ0n) is 7.17. The number of rotatable bonds is 1. The lowest BCUT2D eigenvalue weighted by Gasteiger charge is -1.99. The molecule has 2 rings (SSSR count). The minimum absolute atomic E-state index is 0.778. The standard InChI is InChI=1S/C11H8ClS/c1-8-6-13-7-11(8)9-2-4-10(12)5-3-9/h2-5,7H,1H3. The van der Waals surface area contributed by atoms with Gasteiger partial charge in [-0.3, -0.25) is 0 Å². The van der Waals surface area contributed by atoms with Crippen LogP contribution < -0.4 is 0 Å². The fraction of sp³-hybridized carbons (Fsp3) is 0.0909. The molecule has 0 unspecified atom stereocenters. The summed E-state index contributed by atoms with van der Waals surface area (Å²) in [6.07, 6.45) is 0. The van der Waals surface area contributed by atoms with Crippen molar-refractivity contribution < 1.29 is 0 Å². The third-order valence-corrected chi connectivity index (χ3v) is 2.98. The molecule has 0 N–H and O–H groups in total. The molecule has 0 saturated carbocycles. The molecule has 1 aromatic carbocycles. The van der Waals surface area contributed by atoms with Crippen molar-refractivity contribution in [1.82, 2.24) is 0 Å². The van der Waals surface area contributed by atoms with Gasteiger partial charge in [0, 0.05) is 10.4 Å². The van der Waals surface area contributed by atoms with E-state index in [1.54, 1.807) is 11.3 Å². The molecule has 1 aromatic heterocycles. The average molecular weight is 208 g/mol. The Kier molecular flexibility index (Phi) is 2.38. The predicted molar refractivity (Wildman–Crippen MR) is 58.3 cm³/mol. The minimum atomic E-state index is 0.778. The van der Waals surface area contributed by atoms with Gasteiger partial charge in [-0.2, -0.15) is 0 Å². The molecule has 2 aromatic rings.